The number of ether oxygens (including phenoxy) is 1. The molecular weight excluding hydrogens is 274 g/mol. The molecule has 1 aromatic rings. The molecule has 1 aliphatic carbocycles. The summed E-state index contributed by atoms with van der Waals surface area (Å²) in [6.07, 6.45) is 3.81. The Bertz CT molecular complexity index is 489. The van der Waals surface area contributed by atoms with E-state index >= 15 is 0 Å². The number of rotatable bonds is 3. The molecule has 4 heteroatoms. The summed E-state index contributed by atoms with van der Waals surface area (Å²) >= 11 is 5.94. The first-order valence-electron chi connectivity index (χ1n) is 7.37. The molecule has 0 amide bonds. The third-order valence-corrected chi connectivity index (χ3v) is 4.46. The number of hydrogen-bond donors (Lipinski definition) is 0. The standard InChI is InChI=1S/C16H22ClNO2/c1-4-13-8-12(9-15(17)18-13)16(19)20-14-6-5-10(2)11(3)7-14/h8-11,14H,4-7H2,1-3H3. The molecule has 0 aliphatic heterocycles. The van der Waals surface area contributed by atoms with E-state index in [-0.39, 0.29) is 12.1 Å². The van der Waals surface area contributed by atoms with Crippen molar-refractivity contribution < 1.29 is 9.53 Å². The Balaban J connectivity index is 2.03. The lowest BCUT2D eigenvalue weighted by molar-refractivity contribution is 0.00876. The quantitative estimate of drug-likeness (QED) is 0.617. The molecule has 0 bridgehead atoms. The van der Waals surface area contributed by atoms with E-state index in [1.165, 1.54) is 0 Å². The summed E-state index contributed by atoms with van der Waals surface area (Å²) in [5.41, 5.74) is 1.32. The highest BCUT2D eigenvalue weighted by Crippen LogP contribution is 2.31. The first-order valence-corrected chi connectivity index (χ1v) is 7.74. The van der Waals surface area contributed by atoms with Crippen LogP contribution in [0.1, 0.15) is 56.1 Å². The van der Waals surface area contributed by atoms with Crippen molar-refractivity contribution >= 4 is 17.6 Å². The number of aromatic nitrogens is 1. The summed E-state index contributed by atoms with van der Waals surface area (Å²) in [5, 5.41) is 0.349. The van der Waals surface area contributed by atoms with Crippen molar-refractivity contribution in [2.45, 2.75) is 52.6 Å². The molecule has 20 heavy (non-hydrogen) atoms. The van der Waals surface area contributed by atoms with Gasteiger partial charge in [-0.2, -0.15) is 0 Å². The second-order valence-corrected chi connectivity index (χ2v) is 6.21. The lowest BCUT2D eigenvalue weighted by Crippen LogP contribution is -2.28. The van der Waals surface area contributed by atoms with Crippen molar-refractivity contribution in [3.63, 3.8) is 0 Å². The maximum atomic E-state index is 12.2. The van der Waals surface area contributed by atoms with Crippen LogP contribution in [0.15, 0.2) is 12.1 Å². The molecule has 1 heterocycles. The van der Waals surface area contributed by atoms with Gasteiger partial charge in [0.15, 0.2) is 0 Å². The minimum atomic E-state index is -0.282. The fourth-order valence-corrected chi connectivity index (χ4v) is 2.90. The van der Waals surface area contributed by atoms with Crippen molar-refractivity contribution in [2.24, 2.45) is 11.8 Å². The largest absolute Gasteiger partial charge is 0.459 e. The van der Waals surface area contributed by atoms with Gasteiger partial charge in [-0.15, -0.1) is 0 Å². The molecule has 1 aliphatic rings. The summed E-state index contributed by atoms with van der Waals surface area (Å²) in [6, 6.07) is 3.35. The Hall–Kier alpha value is -1.09. The van der Waals surface area contributed by atoms with E-state index in [1.807, 2.05) is 6.92 Å². The summed E-state index contributed by atoms with van der Waals surface area (Å²) in [4.78, 5) is 16.4. The monoisotopic (exact) mass is 295 g/mol. The van der Waals surface area contributed by atoms with Gasteiger partial charge in [0.1, 0.15) is 11.3 Å². The molecule has 0 saturated heterocycles. The summed E-state index contributed by atoms with van der Waals surface area (Å²) in [6.45, 7) is 6.47. The van der Waals surface area contributed by atoms with Crippen LogP contribution in [0.3, 0.4) is 0 Å². The van der Waals surface area contributed by atoms with Gasteiger partial charge in [-0.05, 0) is 49.7 Å². The zero-order valence-electron chi connectivity index (χ0n) is 12.4. The van der Waals surface area contributed by atoms with Gasteiger partial charge >= 0.3 is 5.97 Å². The Labute approximate surface area is 125 Å². The minimum Gasteiger partial charge on any atom is -0.459 e. The number of carbonyl (C=O) groups is 1. The molecule has 3 nitrogen and oxygen atoms in total. The fourth-order valence-electron chi connectivity index (χ4n) is 2.67. The predicted molar refractivity (Wildman–Crippen MR) is 80.0 cm³/mol. The maximum Gasteiger partial charge on any atom is 0.338 e. The molecule has 1 saturated carbocycles. The molecule has 1 fully saturated rings. The Morgan fingerprint density at radius 2 is 2.10 bits per heavy atom. The molecule has 110 valence electrons. The molecule has 3 unspecified atom stereocenters. The van der Waals surface area contributed by atoms with Gasteiger partial charge < -0.3 is 4.74 Å². The number of hydrogen-bond acceptors (Lipinski definition) is 3. The van der Waals surface area contributed by atoms with Crippen molar-refractivity contribution in [1.82, 2.24) is 4.98 Å². The van der Waals surface area contributed by atoms with Gasteiger partial charge in [-0.3, -0.25) is 0 Å². The highest BCUT2D eigenvalue weighted by atomic mass is 35.5. The van der Waals surface area contributed by atoms with E-state index < -0.39 is 0 Å². The number of pyridine rings is 1. The molecule has 2 rings (SSSR count). The topological polar surface area (TPSA) is 39.2 Å². The predicted octanol–water partition coefficient (Wildman–Crippen LogP) is 4.28. The third kappa shape index (κ3) is 3.72. The smallest absolute Gasteiger partial charge is 0.338 e. The first kappa shape index (κ1) is 15.3. The van der Waals surface area contributed by atoms with Gasteiger partial charge in [0.2, 0.25) is 0 Å². The number of aryl methyl sites for hydroxylation is 1. The highest BCUT2D eigenvalue weighted by Gasteiger charge is 2.27. The van der Waals surface area contributed by atoms with Gasteiger partial charge in [-0.1, -0.05) is 32.4 Å². The minimum absolute atomic E-state index is 0.0331. The van der Waals surface area contributed by atoms with Crippen LogP contribution in [-0.4, -0.2) is 17.1 Å². The lowest BCUT2D eigenvalue weighted by Gasteiger charge is -2.31. The van der Waals surface area contributed by atoms with Gasteiger partial charge in [0.25, 0.3) is 0 Å². The van der Waals surface area contributed by atoms with E-state index in [0.717, 1.165) is 31.4 Å². The zero-order valence-corrected chi connectivity index (χ0v) is 13.1. The average molecular weight is 296 g/mol. The number of nitrogens with zero attached hydrogens (tertiary/aromatic N) is 1. The van der Waals surface area contributed by atoms with Crippen LogP contribution >= 0.6 is 11.6 Å². The van der Waals surface area contributed by atoms with E-state index in [2.05, 4.69) is 18.8 Å². The molecule has 0 spiro atoms. The van der Waals surface area contributed by atoms with Crippen LogP contribution in [0.5, 0.6) is 0 Å². The van der Waals surface area contributed by atoms with Crippen LogP contribution in [0.2, 0.25) is 5.15 Å². The Morgan fingerprint density at radius 1 is 1.35 bits per heavy atom. The maximum absolute atomic E-state index is 12.2. The number of halogens is 1. The van der Waals surface area contributed by atoms with Gasteiger partial charge in [-0.25, -0.2) is 9.78 Å². The zero-order chi connectivity index (χ0) is 14.7. The van der Waals surface area contributed by atoms with E-state index in [9.17, 15) is 4.79 Å². The average Bonchev–Trinajstić information content (AvgIpc) is 2.42. The molecule has 0 aromatic carbocycles. The Morgan fingerprint density at radius 3 is 2.75 bits per heavy atom. The van der Waals surface area contributed by atoms with Crippen molar-refractivity contribution in [3.05, 3.63) is 28.5 Å². The molecule has 0 radical (unpaired) electrons. The van der Waals surface area contributed by atoms with Crippen LogP contribution in [0.25, 0.3) is 0 Å². The lowest BCUT2D eigenvalue weighted by atomic mass is 9.80. The second kappa shape index (κ2) is 6.57. The summed E-state index contributed by atoms with van der Waals surface area (Å²) in [7, 11) is 0. The first-order chi connectivity index (χ1) is 9.49. The van der Waals surface area contributed by atoms with Crippen LogP contribution < -0.4 is 0 Å². The van der Waals surface area contributed by atoms with E-state index in [1.54, 1.807) is 12.1 Å². The van der Waals surface area contributed by atoms with Crippen molar-refractivity contribution in [1.29, 1.82) is 0 Å². The molecular formula is C16H22ClNO2. The van der Waals surface area contributed by atoms with Gasteiger partial charge in [0.05, 0.1) is 5.56 Å². The SMILES string of the molecule is CCc1cc(C(=O)OC2CCC(C)C(C)C2)cc(Cl)n1. The van der Waals surface area contributed by atoms with Crippen LogP contribution in [-0.2, 0) is 11.2 Å². The van der Waals surface area contributed by atoms with Crippen LogP contribution in [0, 0.1) is 11.8 Å². The van der Waals surface area contributed by atoms with Gasteiger partial charge in [0, 0.05) is 5.69 Å². The summed E-state index contributed by atoms with van der Waals surface area (Å²) in [5.74, 6) is 1.04. The van der Waals surface area contributed by atoms with Crippen LogP contribution in [0.4, 0.5) is 0 Å². The molecule has 3 atom stereocenters. The second-order valence-electron chi connectivity index (χ2n) is 5.82. The van der Waals surface area contributed by atoms with E-state index in [0.29, 0.717) is 22.6 Å². The fraction of sp³-hybridized carbons (Fsp3) is 0.625. The molecule has 1 aromatic heterocycles. The van der Waals surface area contributed by atoms with Crippen molar-refractivity contribution in [3.8, 4) is 0 Å². The summed E-state index contributed by atoms with van der Waals surface area (Å²) < 4.78 is 5.63. The number of esters is 1. The normalized spacial score (nSPS) is 26.3. The highest BCUT2D eigenvalue weighted by molar-refractivity contribution is 6.29. The molecule has 0 N–H and O–H groups in total. The van der Waals surface area contributed by atoms with Crippen molar-refractivity contribution in [2.75, 3.05) is 0 Å². The number of carbonyl (C=O) groups excluding carboxylic acids is 1. The third-order valence-electron chi connectivity index (χ3n) is 4.27. The van der Waals surface area contributed by atoms with E-state index in [4.69, 9.17) is 16.3 Å². The Kier molecular flexibility index (Phi) is 5.03.